The Morgan fingerprint density at radius 3 is 2.30 bits per heavy atom. The quantitative estimate of drug-likeness (QED) is 0.562. The molecule has 10 heavy (non-hydrogen) atoms. The lowest BCUT2D eigenvalue weighted by molar-refractivity contribution is 0.0845. The number of hydrogen-bond donors (Lipinski definition) is 0. The Labute approximate surface area is 63.1 Å². The highest BCUT2D eigenvalue weighted by molar-refractivity contribution is 4.82. The summed E-state index contributed by atoms with van der Waals surface area (Å²) >= 11 is 0. The average molecular weight is 143 g/mol. The van der Waals surface area contributed by atoms with Gasteiger partial charge in [-0.05, 0) is 26.7 Å². The standard InChI is InChI=1S/C8H17NO/c1-5-7-9(10-7)8(3,4)6-2/h7H,5-6H2,1-4H3. The van der Waals surface area contributed by atoms with E-state index in [0.29, 0.717) is 6.23 Å². The highest BCUT2D eigenvalue weighted by Gasteiger charge is 2.44. The van der Waals surface area contributed by atoms with E-state index >= 15 is 0 Å². The van der Waals surface area contributed by atoms with Crippen molar-refractivity contribution in [3.8, 4) is 0 Å². The van der Waals surface area contributed by atoms with Crippen molar-refractivity contribution in [1.29, 1.82) is 0 Å². The molecule has 1 aliphatic heterocycles. The van der Waals surface area contributed by atoms with Crippen LogP contribution in [-0.2, 0) is 4.84 Å². The van der Waals surface area contributed by atoms with Crippen LogP contribution < -0.4 is 0 Å². The van der Waals surface area contributed by atoms with Crippen molar-refractivity contribution in [2.24, 2.45) is 0 Å². The van der Waals surface area contributed by atoms with Gasteiger partial charge in [0.05, 0.1) is 0 Å². The zero-order chi connectivity index (χ0) is 7.78. The predicted octanol–water partition coefficient (Wildman–Crippen LogP) is 2.16. The largest absolute Gasteiger partial charge is 0.275 e. The molecule has 0 spiro atoms. The van der Waals surface area contributed by atoms with Gasteiger partial charge in [-0.1, -0.05) is 13.8 Å². The van der Waals surface area contributed by atoms with Gasteiger partial charge in [-0.25, -0.2) is 0 Å². The number of rotatable bonds is 3. The summed E-state index contributed by atoms with van der Waals surface area (Å²) in [5.41, 5.74) is 0.237. The van der Waals surface area contributed by atoms with Crippen molar-refractivity contribution in [2.45, 2.75) is 52.3 Å². The van der Waals surface area contributed by atoms with Crippen LogP contribution in [0.5, 0.6) is 0 Å². The summed E-state index contributed by atoms with van der Waals surface area (Å²) < 4.78 is 0. The molecule has 0 radical (unpaired) electrons. The molecule has 0 N–H and O–H groups in total. The molecule has 0 aromatic heterocycles. The van der Waals surface area contributed by atoms with Gasteiger partial charge in [0.1, 0.15) is 0 Å². The van der Waals surface area contributed by atoms with Crippen LogP contribution in [0.3, 0.4) is 0 Å². The fourth-order valence-electron chi connectivity index (χ4n) is 1.03. The molecule has 0 amide bonds. The first kappa shape index (κ1) is 8.02. The van der Waals surface area contributed by atoms with E-state index in [1.807, 2.05) is 0 Å². The van der Waals surface area contributed by atoms with Crippen molar-refractivity contribution in [1.82, 2.24) is 5.06 Å². The SMILES string of the molecule is CCC1ON1C(C)(C)CC. The van der Waals surface area contributed by atoms with Gasteiger partial charge in [-0.3, -0.25) is 4.84 Å². The molecular weight excluding hydrogens is 126 g/mol. The topological polar surface area (TPSA) is 15.5 Å². The van der Waals surface area contributed by atoms with Crippen LogP contribution in [0, 0.1) is 0 Å². The zero-order valence-electron chi connectivity index (χ0n) is 7.35. The molecule has 0 aromatic carbocycles. The molecule has 0 saturated carbocycles. The molecule has 1 heterocycles. The minimum atomic E-state index is 0.237. The summed E-state index contributed by atoms with van der Waals surface area (Å²) in [5, 5.41) is 2.09. The van der Waals surface area contributed by atoms with E-state index in [9.17, 15) is 0 Å². The zero-order valence-corrected chi connectivity index (χ0v) is 7.35. The normalized spacial score (nSPS) is 32.4. The van der Waals surface area contributed by atoms with Crippen LogP contribution in [0.1, 0.15) is 40.5 Å². The van der Waals surface area contributed by atoms with Crippen LogP contribution in [-0.4, -0.2) is 16.8 Å². The third-order valence-corrected chi connectivity index (χ3v) is 2.26. The van der Waals surface area contributed by atoms with Crippen LogP contribution in [0.15, 0.2) is 0 Å². The Morgan fingerprint density at radius 2 is 2.00 bits per heavy atom. The number of nitrogens with zero attached hydrogens (tertiary/aromatic N) is 1. The molecule has 2 heteroatoms. The van der Waals surface area contributed by atoms with E-state index < -0.39 is 0 Å². The molecule has 1 aliphatic rings. The van der Waals surface area contributed by atoms with E-state index in [2.05, 4.69) is 32.8 Å². The molecule has 1 saturated heterocycles. The summed E-state index contributed by atoms with van der Waals surface area (Å²) in [6.45, 7) is 8.76. The van der Waals surface area contributed by atoms with Crippen molar-refractivity contribution >= 4 is 0 Å². The lowest BCUT2D eigenvalue weighted by Gasteiger charge is -2.21. The van der Waals surface area contributed by atoms with Gasteiger partial charge in [0.15, 0.2) is 6.23 Å². The highest BCUT2D eigenvalue weighted by Crippen LogP contribution is 2.34. The van der Waals surface area contributed by atoms with Crippen molar-refractivity contribution in [2.75, 3.05) is 0 Å². The molecule has 2 atom stereocenters. The molecule has 2 unspecified atom stereocenters. The average Bonchev–Trinajstić information content (AvgIpc) is 2.66. The van der Waals surface area contributed by atoms with Gasteiger partial charge in [0.25, 0.3) is 0 Å². The number of hydrogen-bond acceptors (Lipinski definition) is 2. The van der Waals surface area contributed by atoms with Gasteiger partial charge < -0.3 is 0 Å². The van der Waals surface area contributed by atoms with Gasteiger partial charge >= 0.3 is 0 Å². The summed E-state index contributed by atoms with van der Waals surface area (Å²) in [5.74, 6) is 0. The second kappa shape index (κ2) is 2.51. The van der Waals surface area contributed by atoms with E-state index in [0.717, 1.165) is 12.8 Å². The summed E-state index contributed by atoms with van der Waals surface area (Å²) in [6.07, 6.45) is 2.64. The van der Waals surface area contributed by atoms with Gasteiger partial charge in [-0.2, -0.15) is 5.06 Å². The summed E-state index contributed by atoms with van der Waals surface area (Å²) in [4.78, 5) is 5.36. The molecule has 1 rings (SSSR count). The lowest BCUT2D eigenvalue weighted by Crippen LogP contribution is -2.30. The fourth-order valence-corrected chi connectivity index (χ4v) is 1.03. The lowest BCUT2D eigenvalue weighted by atomic mass is 10.0. The molecule has 1 fully saturated rings. The molecule has 0 bridgehead atoms. The van der Waals surface area contributed by atoms with Gasteiger partial charge in [0.2, 0.25) is 0 Å². The minimum absolute atomic E-state index is 0.237. The molecule has 2 nitrogen and oxygen atoms in total. The highest BCUT2D eigenvalue weighted by atomic mass is 16.8. The Bertz CT molecular complexity index is 122. The second-order valence-electron chi connectivity index (χ2n) is 3.46. The summed E-state index contributed by atoms with van der Waals surface area (Å²) in [7, 11) is 0. The van der Waals surface area contributed by atoms with Crippen molar-refractivity contribution in [3.63, 3.8) is 0 Å². The first-order valence-electron chi connectivity index (χ1n) is 4.08. The first-order valence-corrected chi connectivity index (χ1v) is 4.08. The van der Waals surface area contributed by atoms with Crippen LogP contribution in [0.4, 0.5) is 0 Å². The molecule has 60 valence electrons. The third-order valence-electron chi connectivity index (χ3n) is 2.26. The Morgan fingerprint density at radius 1 is 1.40 bits per heavy atom. The molecular formula is C8H17NO. The Balaban J connectivity index is 2.37. The smallest absolute Gasteiger partial charge is 0.155 e. The maximum Gasteiger partial charge on any atom is 0.155 e. The van der Waals surface area contributed by atoms with Gasteiger partial charge in [-0.15, -0.1) is 0 Å². The third kappa shape index (κ3) is 1.32. The maximum atomic E-state index is 5.36. The fraction of sp³-hybridized carbons (Fsp3) is 1.00. The monoisotopic (exact) mass is 143 g/mol. The van der Waals surface area contributed by atoms with E-state index in [-0.39, 0.29) is 5.54 Å². The maximum absolute atomic E-state index is 5.36. The van der Waals surface area contributed by atoms with E-state index in [1.54, 1.807) is 0 Å². The van der Waals surface area contributed by atoms with Crippen LogP contribution in [0.25, 0.3) is 0 Å². The molecule has 0 aromatic rings. The predicted molar refractivity (Wildman–Crippen MR) is 41.4 cm³/mol. The van der Waals surface area contributed by atoms with Gasteiger partial charge in [0, 0.05) is 5.54 Å². The molecule has 0 aliphatic carbocycles. The van der Waals surface area contributed by atoms with Crippen LogP contribution in [0.2, 0.25) is 0 Å². The second-order valence-corrected chi connectivity index (χ2v) is 3.46. The summed E-state index contributed by atoms with van der Waals surface area (Å²) in [6, 6.07) is 0. The minimum Gasteiger partial charge on any atom is -0.275 e. The Kier molecular flexibility index (Phi) is 2.02. The Hall–Kier alpha value is -0.0800. The first-order chi connectivity index (χ1) is 4.61. The van der Waals surface area contributed by atoms with Crippen LogP contribution >= 0.6 is 0 Å². The van der Waals surface area contributed by atoms with E-state index in [4.69, 9.17) is 4.84 Å². The van der Waals surface area contributed by atoms with E-state index in [1.165, 1.54) is 0 Å². The number of hydroxylamine groups is 2. The van der Waals surface area contributed by atoms with Crippen molar-refractivity contribution < 1.29 is 4.84 Å². The van der Waals surface area contributed by atoms with Crippen molar-refractivity contribution in [3.05, 3.63) is 0 Å².